The van der Waals surface area contributed by atoms with Crippen molar-refractivity contribution in [1.82, 2.24) is 5.01 Å². The van der Waals surface area contributed by atoms with Gasteiger partial charge >= 0.3 is 0 Å². The molecule has 4 rings (SSSR count). The number of carbonyl (C=O) groups is 1. The number of amides is 1. The molecule has 134 valence electrons. The van der Waals surface area contributed by atoms with Crippen molar-refractivity contribution in [2.45, 2.75) is 29.0 Å². The van der Waals surface area contributed by atoms with E-state index in [2.05, 4.69) is 5.10 Å². The molecule has 3 nitrogen and oxygen atoms in total. The number of hydrazone groups is 1. The Morgan fingerprint density at radius 3 is 2.88 bits per heavy atom. The van der Waals surface area contributed by atoms with Crippen LogP contribution in [0.1, 0.15) is 18.1 Å². The van der Waals surface area contributed by atoms with E-state index >= 15 is 0 Å². The third-order valence-corrected chi connectivity index (χ3v) is 7.23. The number of thioether (sulfide) groups is 2. The van der Waals surface area contributed by atoms with Crippen LogP contribution in [0.25, 0.3) is 0 Å². The van der Waals surface area contributed by atoms with Crippen LogP contribution in [0.15, 0.2) is 51.3 Å². The van der Waals surface area contributed by atoms with Gasteiger partial charge < -0.3 is 0 Å². The molecule has 0 N–H and O–H groups in total. The molecule has 0 aliphatic carbocycles. The Bertz CT molecular complexity index is 934. The van der Waals surface area contributed by atoms with Crippen molar-refractivity contribution < 1.29 is 9.18 Å². The third-order valence-electron chi connectivity index (χ3n) is 4.51. The molecular formula is C19H16ClFN2OS2. The van der Waals surface area contributed by atoms with E-state index in [1.54, 1.807) is 24.8 Å². The van der Waals surface area contributed by atoms with E-state index in [9.17, 15) is 9.18 Å². The summed E-state index contributed by atoms with van der Waals surface area (Å²) in [5.41, 5.74) is 2.49. The van der Waals surface area contributed by atoms with E-state index < -0.39 is 0 Å². The van der Waals surface area contributed by atoms with Gasteiger partial charge in [0.05, 0.1) is 5.71 Å². The maximum atomic E-state index is 13.9. The quantitative estimate of drug-likeness (QED) is 0.687. The number of hydrogen-bond donors (Lipinski definition) is 0. The second-order valence-electron chi connectivity index (χ2n) is 6.33. The van der Waals surface area contributed by atoms with E-state index in [0.29, 0.717) is 10.6 Å². The zero-order chi connectivity index (χ0) is 18.4. The lowest BCUT2D eigenvalue weighted by atomic mass is 9.98. The lowest BCUT2D eigenvalue weighted by Gasteiger charge is -2.28. The van der Waals surface area contributed by atoms with Gasteiger partial charge in [0.25, 0.3) is 0 Å². The average molecular weight is 407 g/mol. The predicted molar refractivity (Wildman–Crippen MR) is 106 cm³/mol. The number of halogens is 2. The Labute approximate surface area is 165 Å². The van der Waals surface area contributed by atoms with Crippen LogP contribution in [-0.4, -0.2) is 27.8 Å². The van der Waals surface area contributed by atoms with Crippen LogP contribution < -0.4 is 0 Å². The Kier molecular flexibility index (Phi) is 4.75. The van der Waals surface area contributed by atoms with Gasteiger partial charge in [0.1, 0.15) is 11.2 Å². The summed E-state index contributed by atoms with van der Waals surface area (Å²) in [4.78, 5) is 14.1. The summed E-state index contributed by atoms with van der Waals surface area (Å²) in [6, 6.07) is 10.9. The van der Waals surface area contributed by atoms with Gasteiger partial charge in [-0.05, 0) is 42.8 Å². The van der Waals surface area contributed by atoms with Crippen LogP contribution in [0.5, 0.6) is 0 Å². The molecule has 7 heteroatoms. The Morgan fingerprint density at radius 2 is 2.15 bits per heavy atom. The van der Waals surface area contributed by atoms with Crippen LogP contribution in [-0.2, 0) is 4.79 Å². The largest absolute Gasteiger partial charge is 0.273 e. The van der Waals surface area contributed by atoms with Crippen molar-refractivity contribution >= 4 is 46.7 Å². The van der Waals surface area contributed by atoms with Gasteiger partial charge in [-0.25, -0.2) is 9.40 Å². The SMILES string of the molecule is CC(=O)N1N=C2c3cc(Cl)ccc3SC[C@H]2[C@@H]1Sc1ccc(C)c(F)c1. The molecule has 0 spiro atoms. The molecule has 0 aromatic heterocycles. The summed E-state index contributed by atoms with van der Waals surface area (Å²) >= 11 is 9.39. The number of nitrogens with zero attached hydrogens (tertiary/aromatic N) is 2. The molecule has 2 aromatic carbocycles. The van der Waals surface area contributed by atoms with E-state index in [0.717, 1.165) is 26.8 Å². The van der Waals surface area contributed by atoms with Crippen LogP contribution in [0, 0.1) is 18.7 Å². The maximum absolute atomic E-state index is 13.9. The standard InChI is InChI=1S/C19H16ClFN2OS2/c1-10-3-5-13(8-16(10)21)26-19-15-9-25-17-6-4-12(20)7-14(17)18(15)22-23(19)11(2)24/h3-8,15,19H,9H2,1-2H3/t15-,19+/m1/s1. The van der Waals surface area contributed by atoms with E-state index in [4.69, 9.17) is 11.6 Å². The highest BCUT2D eigenvalue weighted by molar-refractivity contribution is 8.00. The molecule has 1 amide bonds. The lowest BCUT2D eigenvalue weighted by molar-refractivity contribution is -0.129. The highest BCUT2D eigenvalue weighted by atomic mass is 35.5. The molecule has 2 heterocycles. The maximum Gasteiger partial charge on any atom is 0.240 e. The molecule has 0 unspecified atom stereocenters. The van der Waals surface area contributed by atoms with Gasteiger partial charge in [-0.15, -0.1) is 11.8 Å². The molecule has 0 radical (unpaired) electrons. The van der Waals surface area contributed by atoms with Crippen molar-refractivity contribution in [3.05, 3.63) is 58.4 Å². The summed E-state index contributed by atoms with van der Waals surface area (Å²) in [6.45, 7) is 3.25. The van der Waals surface area contributed by atoms with E-state index in [-0.39, 0.29) is 23.0 Å². The second-order valence-corrected chi connectivity index (χ2v) is 9.01. The predicted octanol–water partition coefficient (Wildman–Crippen LogP) is 5.19. The van der Waals surface area contributed by atoms with Crippen LogP contribution >= 0.6 is 35.1 Å². The third kappa shape index (κ3) is 3.15. The van der Waals surface area contributed by atoms with Gasteiger partial charge in [0, 0.05) is 39.0 Å². The molecule has 2 aromatic rings. The summed E-state index contributed by atoms with van der Waals surface area (Å²) in [7, 11) is 0. The van der Waals surface area contributed by atoms with Crippen LogP contribution in [0.2, 0.25) is 5.02 Å². The topological polar surface area (TPSA) is 32.7 Å². The molecule has 26 heavy (non-hydrogen) atoms. The second kappa shape index (κ2) is 6.91. The smallest absolute Gasteiger partial charge is 0.240 e. The lowest BCUT2D eigenvalue weighted by Crippen LogP contribution is -2.35. The molecule has 0 saturated carbocycles. The zero-order valence-electron chi connectivity index (χ0n) is 14.2. The fourth-order valence-electron chi connectivity index (χ4n) is 3.14. The fraction of sp³-hybridized carbons (Fsp3) is 0.263. The van der Waals surface area contributed by atoms with Crippen molar-refractivity contribution in [3.63, 3.8) is 0 Å². The van der Waals surface area contributed by atoms with Crippen molar-refractivity contribution in [2.75, 3.05) is 5.75 Å². The van der Waals surface area contributed by atoms with Crippen LogP contribution in [0.4, 0.5) is 4.39 Å². The molecule has 2 atom stereocenters. The molecule has 0 fully saturated rings. The summed E-state index contributed by atoms with van der Waals surface area (Å²) in [6.07, 6.45) is 0. The van der Waals surface area contributed by atoms with Crippen molar-refractivity contribution in [2.24, 2.45) is 11.0 Å². The van der Waals surface area contributed by atoms with Gasteiger partial charge in [-0.2, -0.15) is 5.10 Å². The number of aryl methyl sites for hydroxylation is 1. The summed E-state index contributed by atoms with van der Waals surface area (Å²) < 4.78 is 13.9. The number of rotatable bonds is 2. The van der Waals surface area contributed by atoms with E-state index in [1.807, 2.05) is 24.3 Å². The highest BCUT2D eigenvalue weighted by Gasteiger charge is 2.43. The van der Waals surface area contributed by atoms with Crippen molar-refractivity contribution in [1.29, 1.82) is 0 Å². The Morgan fingerprint density at radius 1 is 1.35 bits per heavy atom. The van der Waals surface area contributed by atoms with Gasteiger partial charge in [0.15, 0.2) is 0 Å². The monoisotopic (exact) mass is 406 g/mol. The Hall–Kier alpha value is -1.50. The van der Waals surface area contributed by atoms with Gasteiger partial charge in [-0.1, -0.05) is 29.4 Å². The number of hydrogen-bond acceptors (Lipinski definition) is 4. The molecular weight excluding hydrogens is 391 g/mol. The molecule has 0 bridgehead atoms. The van der Waals surface area contributed by atoms with E-state index in [1.165, 1.54) is 29.8 Å². The molecule has 0 saturated heterocycles. The van der Waals surface area contributed by atoms with Crippen molar-refractivity contribution in [3.8, 4) is 0 Å². The highest BCUT2D eigenvalue weighted by Crippen LogP contribution is 2.45. The Balaban J connectivity index is 1.70. The minimum absolute atomic E-state index is 0.0734. The van der Waals surface area contributed by atoms with Gasteiger partial charge in [-0.3, -0.25) is 4.79 Å². The van der Waals surface area contributed by atoms with Gasteiger partial charge in [0.2, 0.25) is 5.91 Å². The fourth-order valence-corrected chi connectivity index (χ4v) is 5.90. The summed E-state index contributed by atoms with van der Waals surface area (Å²) in [5.74, 6) is 0.539. The average Bonchev–Trinajstić information content (AvgIpc) is 2.97. The zero-order valence-corrected chi connectivity index (χ0v) is 16.6. The molecule has 2 aliphatic heterocycles. The minimum atomic E-state index is -0.237. The normalized spacial score (nSPS) is 21.2. The first-order valence-electron chi connectivity index (χ1n) is 8.18. The minimum Gasteiger partial charge on any atom is -0.273 e. The first kappa shape index (κ1) is 17.9. The number of carbonyl (C=O) groups excluding carboxylic acids is 1. The first-order valence-corrected chi connectivity index (χ1v) is 10.4. The molecule has 2 aliphatic rings. The number of benzene rings is 2. The first-order chi connectivity index (χ1) is 12.4. The van der Waals surface area contributed by atoms with Crippen LogP contribution in [0.3, 0.4) is 0 Å². The number of fused-ring (bicyclic) bond motifs is 3. The summed E-state index contributed by atoms with van der Waals surface area (Å²) in [5, 5.41) is 6.61.